The number of carbonyl (C=O) groups excluding carboxylic acids is 1. The minimum absolute atomic E-state index is 0.190. The molecule has 0 radical (unpaired) electrons. The molecule has 1 unspecified atom stereocenters. The van der Waals surface area contributed by atoms with Crippen LogP contribution >= 0.6 is 11.8 Å². The van der Waals surface area contributed by atoms with Crippen molar-refractivity contribution in [3.05, 3.63) is 0 Å². The Morgan fingerprint density at radius 1 is 1.43 bits per heavy atom. The van der Waals surface area contributed by atoms with Gasteiger partial charge in [0.1, 0.15) is 0 Å². The first-order valence-corrected chi connectivity index (χ1v) is 6.30. The smallest absolute Gasteiger partial charge is 0.223 e. The average Bonchev–Trinajstić information content (AvgIpc) is 2.16. The summed E-state index contributed by atoms with van der Waals surface area (Å²) in [5.41, 5.74) is 0. The summed E-state index contributed by atoms with van der Waals surface area (Å²) in [5.74, 6) is 0.190. The molecular formula is C10H22N2OS. The minimum Gasteiger partial charge on any atom is -0.349 e. The largest absolute Gasteiger partial charge is 0.349 e. The predicted octanol–water partition coefficient (Wildman–Crippen LogP) is 1.20. The monoisotopic (exact) mass is 218 g/mol. The fraction of sp³-hybridized carbons (Fsp3) is 0.900. The van der Waals surface area contributed by atoms with Crippen molar-refractivity contribution in [3.8, 4) is 0 Å². The van der Waals surface area contributed by atoms with Gasteiger partial charge in [0, 0.05) is 32.3 Å². The molecule has 1 atom stereocenters. The number of hydrogen-bond donors (Lipinski definition) is 1. The fourth-order valence-electron chi connectivity index (χ4n) is 0.967. The molecule has 0 aliphatic carbocycles. The van der Waals surface area contributed by atoms with E-state index < -0.39 is 0 Å². The molecule has 1 amide bonds. The molecule has 0 aromatic heterocycles. The van der Waals surface area contributed by atoms with Gasteiger partial charge in [-0.3, -0.25) is 4.79 Å². The summed E-state index contributed by atoms with van der Waals surface area (Å²) in [6, 6.07) is 0. The van der Waals surface area contributed by atoms with Gasteiger partial charge in [-0.2, -0.15) is 11.8 Å². The van der Waals surface area contributed by atoms with Crippen molar-refractivity contribution in [2.75, 3.05) is 33.4 Å². The van der Waals surface area contributed by atoms with E-state index in [9.17, 15) is 4.79 Å². The second-order valence-corrected chi connectivity index (χ2v) is 4.90. The Hall–Kier alpha value is -0.220. The van der Waals surface area contributed by atoms with Crippen molar-refractivity contribution in [1.29, 1.82) is 0 Å². The van der Waals surface area contributed by atoms with Gasteiger partial charge in [0.15, 0.2) is 0 Å². The van der Waals surface area contributed by atoms with Gasteiger partial charge in [-0.15, -0.1) is 0 Å². The molecule has 0 fully saturated rings. The summed E-state index contributed by atoms with van der Waals surface area (Å²) in [6.07, 6.45) is 3.89. The summed E-state index contributed by atoms with van der Waals surface area (Å²) in [4.78, 5) is 12.8. The maximum Gasteiger partial charge on any atom is 0.223 e. The SMILES string of the molecule is CSC(C)CCNCCC(=O)N(C)C. The Morgan fingerprint density at radius 3 is 2.57 bits per heavy atom. The van der Waals surface area contributed by atoms with Crippen LogP contribution in [0.3, 0.4) is 0 Å². The molecule has 0 saturated heterocycles. The Morgan fingerprint density at radius 2 is 2.07 bits per heavy atom. The van der Waals surface area contributed by atoms with Crippen molar-refractivity contribution >= 4 is 17.7 Å². The van der Waals surface area contributed by atoms with E-state index in [4.69, 9.17) is 0 Å². The third-order valence-corrected chi connectivity index (χ3v) is 3.18. The van der Waals surface area contributed by atoms with Crippen LogP contribution in [0.2, 0.25) is 0 Å². The number of rotatable bonds is 7. The highest BCUT2D eigenvalue weighted by Gasteiger charge is 2.02. The second-order valence-electron chi connectivity index (χ2n) is 3.62. The van der Waals surface area contributed by atoms with Gasteiger partial charge in [0.05, 0.1) is 0 Å². The zero-order valence-electron chi connectivity index (χ0n) is 9.67. The van der Waals surface area contributed by atoms with Crippen molar-refractivity contribution < 1.29 is 4.79 Å². The number of amides is 1. The van der Waals surface area contributed by atoms with E-state index in [1.807, 2.05) is 11.8 Å². The molecule has 0 aliphatic rings. The maximum atomic E-state index is 11.2. The third-order valence-electron chi connectivity index (χ3n) is 2.14. The molecule has 0 aliphatic heterocycles. The van der Waals surface area contributed by atoms with E-state index in [2.05, 4.69) is 18.5 Å². The van der Waals surface area contributed by atoms with E-state index in [0.29, 0.717) is 11.7 Å². The molecule has 0 heterocycles. The number of carbonyl (C=O) groups is 1. The van der Waals surface area contributed by atoms with Crippen molar-refractivity contribution in [2.45, 2.75) is 25.0 Å². The van der Waals surface area contributed by atoms with Crippen LogP contribution in [0, 0.1) is 0 Å². The molecule has 1 N–H and O–H groups in total. The van der Waals surface area contributed by atoms with Crippen molar-refractivity contribution in [1.82, 2.24) is 10.2 Å². The first-order valence-electron chi connectivity index (χ1n) is 5.01. The van der Waals surface area contributed by atoms with Crippen LogP contribution < -0.4 is 5.32 Å². The number of thioether (sulfide) groups is 1. The zero-order chi connectivity index (χ0) is 11.0. The number of nitrogens with one attached hydrogen (secondary N) is 1. The second kappa shape index (κ2) is 8.12. The lowest BCUT2D eigenvalue weighted by atomic mass is 10.3. The van der Waals surface area contributed by atoms with Gasteiger partial charge >= 0.3 is 0 Å². The van der Waals surface area contributed by atoms with Crippen molar-refractivity contribution in [3.63, 3.8) is 0 Å². The van der Waals surface area contributed by atoms with Crippen LogP contribution in [0.1, 0.15) is 19.8 Å². The molecule has 14 heavy (non-hydrogen) atoms. The highest BCUT2D eigenvalue weighted by Crippen LogP contribution is 2.07. The van der Waals surface area contributed by atoms with Gasteiger partial charge in [-0.05, 0) is 19.2 Å². The predicted molar refractivity (Wildman–Crippen MR) is 63.8 cm³/mol. The van der Waals surface area contributed by atoms with E-state index in [0.717, 1.165) is 19.5 Å². The third kappa shape index (κ3) is 7.21. The summed E-state index contributed by atoms with van der Waals surface area (Å²) in [5, 5.41) is 3.98. The first-order chi connectivity index (χ1) is 6.57. The molecular weight excluding hydrogens is 196 g/mol. The Bertz CT molecular complexity index is 162. The molecule has 0 rings (SSSR count). The molecule has 0 saturated carbocycles. The summed E-state index contributed by atoms with van der Waals surface area (Å²) < 4.78 is 0. The lowest BCUT2D eigenvalue weighted by molar-refractivity contribution is -0.128. The standard InChI is InChI=1S/C10H22N2OS/c1-9(14-4)5-7-11-8-6-10(13)12(2)3/h9,11H,5-8H2,1-4H3. The van der Waals surface area contributed by atoms with Crippen LogP contribution in [0.25, 0.3) is 0 Å². The lowest BCUT2D eigenvalue weighted by Gasteiger charge is -2.11. The van der Waals surface area contributed by atoms with Gasteiger partial charge in [0.25, 0.3) is 0 Å². The van der Waals surface area contributed by atoms with Crippen molar-refractivity contribution in [2.24, 2.45) is 0 Å². The van der Waals surface area contributed by atoms with E-state index in [-0.39, 0.29) is 5.91 Å². The summed E-state index contributed by atoms with van der Waals surface area (Å²) in [7, 11) is 3.58. The molecule has 0 aromatic rings. The average molecular weight is 218 g/mol. The lowest BCUT2D eigenvalue weighted by Crippen LogP contribution is -2.27. The molecule has 3 nitrogen and oxygen atoms in total. The first kappa shape index (κ1) is 13.8. The zero-order valence-corrected chi connectivity index (χ0v) is 10.5. The Balaban J connectivity index is 3.26. The molecule has 0 bridgehead atoms. The summed E-state index contributed by atoms with van der Waals surface area (Å²) >= 11 is 1.88. The van der Waals surface area contributed by atoms with Crippen LogP contribution in [0.4, 0.5) is 0 Å². The Kier molecular flexibility index (Phi) is 7.99. The Labute approximate surface area is 91.6 Å². The van der Waals surface area contributed by atoms with Gasteiger partial charge in [0.2, 0.25) is 5.91 Å². The maximum absolute atomic E-state index is 11.2. The highest BCUT2D eigenvalue weighted by molar-refractivity contribution is 7.99. The molecule has 84 valence electrons. The number of nitrogens with zero attached hydrogens (tertiary/aromatic N) is 1. The minimum atomic E-state index is 0.190. The van der Waals surface area contributed by atoms with Gasteiger partial charge in [-0.25, -0.2) is 0 Å². The fourth-order valence-corrected chi connectivity index (χ4v) is 1.32. The van der Waals surface area contributed by atoms with Gasteiger partial charge < -0.3 is 10.2 Å². The summed E-state index contributed by atoms with van der Waals surface area (Å²) in [6.45, 7) is 4.01. The van der Waals surface area contributed by atoms with E-state index in [1.165, 1.54) is 0 Å². The number of hydrogen-bond acceptors (Lipinski definition) is 3. The van der Waals surface area contributed by atoms with E-state index in [1.54, 1.807) is 19.0 Å². The highest BCUT2D eigenvalue weighted by atomic mass is 32.2. The van der Waals surface area contributed by atoms with Crippen LogP contribution in [0.15, 0.2) is 0 Å². The van der Waals surface area contributed by atoms with Crippen LogP contribution in [0.5, 0.6) is 0 Å². The van der Waals surface area contributed by atoms with Crippen LogP contribution in [-0.4, -0.2) is 49.5 Å². The molecule has 4 heteroatoms. The van der Waals surface area contributed by atoms with Crippen LogP contribution in [-0.2, 0) is 4.79 Å². The molecule has 0 spiro atoms. The van der Waals surface area contributed by atoms with E-state index >= 15 is 0 Å². The quantitative estimate of drug-likeness (QED) is 0.652. The molecule has 0 aromatic carbocycles. The normalized spacial score (nSPS) is 12.6. The topological polar surface area (TPSA) is 32.3 Å². The van der Waals surface area contributed by atoms with Gasteiger partial charge in [-0.1, -0.05) is 6.92 Å².